The smallest absolute Gasteiger partial charge is 0.148 e. The average molecular weight is 279 g/mol. The number of aromatic nitrogens is 2. The highest BCUT2D eigenvalue weighted by Crippen LogP contribution is 2.28. The normalized spacial score (nSPS) is 16.9. The number of anilines is 2. The van der Waals surface area contributed by atoms with E-state index in [1.54, 1.807) is 0 Å². The second kappa shape index (κ2) is 5.93. The molecule has 1 fully saturated rings. The van der Waals surface area contributed by atoms with E-state index < -0.39 is 0 Å². The largest absolute Gasteiger partial charge is 0.380 e. The SMILES string of the molecule is Cc1c(NN)nc(C(C)(C)C)nc1N1CCCOCC1. The van der Waals surface area contributed by atoms with E-state index in [1.807, 2.05) is 6.92 Å². The van der Waals surface area contributed by atoms with Crippen molar-refractivity contribution in [2.24, 2.45) is 5.84 Å². The van der Waals surface area contributed by atoms with E-state index in [9.17, 15) is 0 Å². The molecule has 0 spiro atoms. The molecule has 6 heteroatoms. The maximum absolute atomic E-state index is 5.61. The Morgan fingerprint density at radius 1 is 1.20 bits per heavy atom. The van der Waals surface area contributed by atoms with Gasteiger partial charge in [-0.2, -0.15) is 0 Å². The van der Waals surface area contributed by atoms with Gasteiger partial charge in [0.05, 0.1) is 6.61 Å². The zero-order valence-corrected chi connectivity index (χ0v) is 12.9. The minimum absolute atomic E-state index is 0.115. The summed E-state index contributed by atoms with van der Waals surface area (Å²) in [5.74, 6) is 8.07. The second-order valence-corrected chi connectivity index (χ2v) is 6.19. The molecule has 2 rings (SSSR count). The number of rotatable bonds is 2. The molecule has 0 atom stereocenters. The highest BCUT2D eigenvalue weighted by atomic mass is 16.5. The summed E-state index contributed by atoms with van der Waals surface area (Å²) in [7, 11) is 0. The fourth-order valence-corrected chi connectivity index (χ4v) is 2.25. The number of hydrogen-bond donors (Lipinski definition) is 2. The summed E-state index contributed by atoms with van der Waals surface area (Å²) in [6.07, 6.45) is 1.01. The molecule has 0 aromatic carbocycles. The Kier molecular flexibility index (Phi) is 4.45. The summed E-state index contributed by atoms with van der Waals surface area (Å²) in [6.45, 7) is 11.7. The Morgan fingerprint density at radius 2 is 1.95 bits per heavy atom. The summed E-state index contributed by atoms with van der Waals surface area (Å²) in [6, 6.07) is 0. The van der Waals surface area contributed by atoms with Gasteiger partial charge in [-0.05, 0) is 13.3 Å². The van der Waals surface area contributed by atoms with Crippen molar-refractivity contribution in [1.29, 1.82) is 0 Å². The van der Waals surface area contributed by atoms with Crippen LogP contribution in [0.2, 0.25) is 0 Å². The van der Waals surface area contributed by atoms with Gasteiger partial charge in [0.2, 0.25) is 0 Å². The van der Waals surface area contributed by atoms with Crippen molar-refractivity contribution in [2.75, 3.05) is 36.6 Å². The third kappa shape index (κ3) is 3.19. The van der Waals surface area contributed by atoms with Crippen LogP contribution >= 0.6 is 0 Å². The lowest BCUT2D eigenvalue weighted by Crippen LogP contribution is -2.30. The van der Waals surface area contributed by atoms with Crippen molar-refractivity contribution >= 4 is 11.6 Å². The first-order valence-corrected chi connectivity index (χ1v) is 7.12. The molecule has 2 heterocycles. The van der Waals surface area contributed by atoms with Crippen molar-refractivity contribution in [2.45, 2.75) is 39.5 Å². The summed E-state index contributed by atoms with van der Waals surface area (Å²) < 4.78 is 5.51. The van der Waals surface area contributed by atoms with Gasteiger partial charge in [0.25, 0.3) is 0 Å². The lowest BCUT2D eigenvalue weighted by molar-refractivity contribution is 0.152. The Morgan fingerprint density at radius 3 is 2.60 bits per heavy atom. The lowest BCUT2D eigenvalue weighted by Gasteiger charge is -2.26. The molecule has 6 nitrogen and oxygen atoms in total. The Balaban J connectivity index is 2.44. The molecule has 1 aromatic rings. The molecule has 0 aliphatic carbocycles. The second-order valence-electron chi connectivity index (χ2n) is 6.19. The number of nitrogen functional groups attached to an aromatic ring is 1. The van der Waals surface area contributed by atoms with Crippen molar-refractivity contribution in [1.82, 2.24) is 9.97 Å². The summed E-state index contributed by atoms with van der Waals surface area (Å²) in [5.41, 5.74) is 3.57. The van der Waals surface area contributed by atoms with Gasteiger partial charge in [-0.3, -0.25) is 0 Å². The van der Waals surface area contributed by atoms with Crippen molar-refractivity contribution in [3.8, 4) is 0 Å². The molecule has 1 aliphatic rings. The molecular formula is C14H25N5O. The van der Waals surface area contributed by atoms with E-state index in [2.05, 4.69) is 36.1 Å². The van der Waals surface area contributed by atoms with E-state index in [0.29, 0.717) is 5.82 Å². The summed E-state index contributed by atoms with van der Waals surface area (Å²) >= 11 is 0. The Labute approximate surface area is 120 Å². The third-order valence-corrected chi connectivity index (χ3v) is 3.45. The van der Waals surface area contributed by atoms with Gasteiger partial charge in [-0.1, -0.05) is 20.8 Å². The van der Waals surface area contributed by atoms with Crippen molar-refractivity contribution < 1.29 is 4.74 Å². The van der Waals surface area contributed by atoms with Crippen LogP contribution in [0.4, 0.5) is 11.6 Å². The van der Waals surface area contributed by atoms with Crippen LogP contribution in [0, 0.1) is 6.92 Å². The molecule has 0 amide bonds. The Bertz CT molecular complexity index is 461. The molecule has 1 saturated heterocycles. The van der Waals surface area contributed by atoms with Crippen molar-refractivity contribution in [3.05, 3.63) is 11.4 Å². The van der Waals surface area contributed by atoms with Crippen LogP contribution in [0.1, 0.15) is 38.6 Å². The van der Waals surface area contributed by atoms with Gasteiger partial charge >= 0.3 is 0 Å². The van der Waals surface area contributed by atoms with Crippen molar-refractivity contribution in [3.63, 3.8) is 0 Å². The number of ether oxygens (including phenoxy) is 1. The van der Waals surface area contributed by atoms with Crippen LogP contribution in [0.15, 0.2) is 0 Å². The zero-order valence-electron chi connectivity index (χ0n) is 12.9. The molecule has 0 bridgehead atoms. The number of hydrogen-bond acceptors (Lipinski definition) is 6. The first-order valence-electron chi connectivity index (χ1n) is 7.12. The van der Waals surface area contributed by atoms with E-state index in [-0.39, 0.29) is 5.41 Å². The fourth-order valence-electron chi connectivity index (χ4n) is 2.25. The zero-order chi connectivity index (χ0) is 14.8. The highest BCUT2D eigenvalue weighted by Gasteiger charge is 2.23. The molecular weight excluding hydrogens is 254 g/mol. The first-order chi connectivity index (χ1) is 9.43. The minimum atomic E-state index is -0.115. The maximum atomic E-state index is 5.61. The van der Waals surface area contributed by atoms with E-state index in [0.717, 1.165) is 49.9 Å². The van der Waals surface area contributed by atoms with Crippen LogP contribution in [0.5, 0.6) is 0 Å². The van der Waals surface area contributed by atoms with Gasteiger partial charge in [-0.25, -0.2) is 15.8 Å². The molecule has 0 unspecified atom stereocenters. The quantitative estimate of drug-likeness (QED) is 0.632. The van der Waals surface area contributed by atoms with Gasteiger partial charge in [0, 0.05) is 30.7 Å². The lowest BCUT2D eigenvalue weighted by atomic mass is 9.95. The molecule has 0 saturated carbocycles. The van der Waals surface area contributed by atoms with Gasteiger partial charge in [0.15, 0.2) is 0 Å². The molecule has 112 valence electrons. The van der Waals surface area contributed by atoms with Gasteiger partial charge in [-0.15, -0.1) is 0 Å². The van der Waals surface area contributed by atoms with Crippen LogP contribution in [-0.4, -0.2) is 36.3 Å². The number of nitrogens with two attached hydrogens (primary N) is 1. The van der Waals surface area contributed by atoms with Gasteiger partial charge < -0.3 is 15.1 Å². The fraction of sp³-hybridized carbons (Fsp3) is 0.714. The molecule has 20 heavy (non-hydrogen) atoms. The minimum Gasteiger partial charge on any atom is -0.380 e. The van der Waals surface area contributed by atoms with E-state index >= 15 is 0 Å². The standard InChI is InChI=1S/C14H25N5O/c1-10-11(18-15)16-13(14(2,3)4)17-12(10)19-6-5-8-20-9-7-19/h5-9,15H2,1-4H3,(H,16,17,18). The molecule has 1 aliphatic heterocycles. The van der Waals surface area contributed by atoms with Gasteiger partial charge in [0.1, 0.15) is 17.5 Å². The molecule has 0 radical (unpaired) electrons. The van der Waals surface area contributed by atoms with Crippen LogP contribution in [0.3, 0.4) is 0 Å². The van der Waals surface area contributed by atoms with Crippen LogP contribution in [-0.2, 0) is 10.2 Å². The molecule has 3 N–H and O–H groups in total. The average Bonchev–Trinajstić information content (AvgIpc) is 2.66. The number of nitrogens with zero attached hydrogens (tertiary/aromatic N) is 3. The topological polar surface area (TPSA) is 76.3 Å². The van der Waals surface area contributed by atoms with Crippen LogP contribution < -0.4 is 16.2 Å². The summed E-state index contributed by atoms with van der Waals surface area (Å²) in [5, 5.41) is 0. The predicted octanol–water partition coefficient (Wildman–Crippen LogP) is 1.59. The monoisotopic (exact) mass is 279 g/mol. The molecule has 1 aromatic heterocycles. The van der Waals surface area contributed by atoms with Crippen LogP contribution in [0.25, 0.3) is 0 Å². The van der Waals surface area contributed by atoms with E-state index in [4.69, 9.17) is 15.6 Å². The summed E-state index contributed by atoms with van der Waals surface area (Å²) in [4.78, 5) is 11.6. The highest BCUT2D eigenvalue weighted by molar-refractivity contribution is 5.58. The first kappa shape index (κ1) is 15.0. The third-order valence-electron chi connectivity index (χ3n) is 3.45. The maximum Gasteiger partial charge on any atom is 0.148 e. The number of hydrazine groups is 1. The Hall–Kier alpha value is -1.40. The number of nitrogens with one attached hydrogen (secondary N) is 1. The van der Waals surface area contributed by atoms with E-state index in [1.165, 1.54) is 0 Å². The predicted molar refractivity (Wildman–Crippen MR) is 80.9 cm³/mol.